The third-order valence-electron chi connectivity index (χ3n) is 1.54. The molecule has 0 aliphatic rings. The Kier molecular flexibility index (Phi) is 4.50. The Morgan fingerprint density at radius 3 is 2.64 bits per heavy atom. The topological polar surface area (TPSA) is 47.6 Å². The molecule has 1 rings (SSSR count). The van der Waals surface area contributed by atoms with Crippen molar-refractivity contribution in [3.8, 4) is 0 Å². The molecule has 0 bridgehead atoms. The van der Waals surface area contributed by atoms with Crippen molar-refractivity contribution >= 4 is 11.8 Å². The zero-order chi connectivity index (χ0) is 10.2. The summed E-state index contributed by atoms with van der Waals surface area (Å²) in [4.78, 5) is 11.1. The summed E-state index contributed by atoms with van der Waals surface area (Å²) in [6, 6.07) is 9.13. The first-order valence-electron chi connectivity index (χ1n) is 4.30. The van der Waals surface area contributed by atoms with Gasteiger partial charge in [0.15, 0.2) is 0 Å². The molecule has 0 fully saturated rings. The summed E-state index contributed by atoms with van der Waals surface area (Å²) in [6.45, 7) is 0.664. The number of hydrogen-bond donors (Lipinski definition) is 1. The van der Waals surface area contributed by atoms with Crippen molar-refractivity contribution in [2.45, 2.75) is 0 Å². The fraction of sp³-hybridized carbons (Fsp3) is 0.300. The molecule has 0 aromatic heterocycles. The highest BCUT2D eigenvalue weighted by molar-refractivity contribution is 5.84. The van der Waals surface area contributed by atoms with Gasteiger partial charge in [-0.25, -0.2) is 4.79 Å². The van der Waals surface area contributed by atoms with Crippen LogP contribution in [0.3, 0.4) is 0 Å². The van der Waals surface area contributed by atoms with Crippen LogP contribution in [-0.4, -0.2) is 26.4 Å². The molecule has 0 atom stereocenters. The number of para-hydroxylation sites is 1. The maximum atomic E-state index is 11.1. The van der Waals surface area contributed by atoms with Crippen LogP contribution in [0.2, 0.25) is 0 Å². The number of ether oxygens (including phenoxy) is 2. The summed E-state index contributed by atoms with van der Waals surface area (Å²) >= 11 is 0. The van der Waals surface area contributed by atoms with Gasteiger partial charge in [-0.05, 0) is 12.1 Å². The molecule has 0 heterocycles. The van der Waals surface area contributed by atoms with Crippen LogP contribution >= 0.6 is 0 Å². The lowest BCUT2D eigenvalue weighted by Crippen LogP contribution is -2.16. The Morgan fingerprint density at radius 2 is 2.00 bits per heavy atom. The second kappa shape index (κ2) is 5.99. The standard InChI is InChI=1S/C10H13NO3/c1-13-7-8-14-10(12)11-9-5-3-2-4-6-9/h2-6H,7-8H2,1H3,(H,11,12). The first-order chi connectivity index (χ1) is 6.83. The van der Waals surface area contributed by atoms with Gasteiger partial charge in [0.05, 0.1) is 6.61 Å². The van der Waals surface area contributed by atoms with Crippen molar-refractivity contribution in [3.63, 3.8) is 0 Å². The molecule has 0 radical (unpaired) electrons. The molecular formula is C10H13NO3. The average molecular weight is 195 g/mol. The van der Waals surface area contributed by atoms with E-state index in [2.05, 4.69) is 5.32 Å². The van der Waals surface area contributed by atoms with Gasteiger partial charge in [0.25, 0.3) is 0 Å². The average Bonchev–Trinajstić information content (AvgIpc) is 2.20. The molecule has 0 saturated heterocycles. The molecule has 14 heavy (non-hydrogen) atoms. The molecule has 0 spiro atoms. The lowest BCUT2D eigenvalue weighted by molar-refractivity contribution is 0.107. The molecule has 4 nitrogen and oxygen atoms in total. The Bertz CT molecular complexity index is 274. The van der Waals surface area contributed by atoms with Gasteiger partial charge in [0.1, 0.15) is 6.61 Å². The van der Waals surface area contributed by atoms with Gasteiger partial charge in [-0.1, -0.05) is 18.2 Å². The Balaban J connectivity index is 2.27. The lowest BCUT2D eigenvalue weighted by Gasteiger charge is -2.05. The summed E-state index contributed by atoms with van der Waals surface area (Å²) in [5, 5.41) is 2.58. The van der Waals surface area contributed by atoms with Crippen molar-refractivity contribution in [2.24, 2.45) is 0 Å². The molecule has 1 amide bonds. The van der Waals surface area contributed by atoms with Crippen LogP contribution in [0.4, 0.5) is 10.5 Å². The Hall–Kier alpha value is -1.55. The van der Waals surface area contributed by atoms with E-state index in [-0.39, 0.29) is 6.61 Å². The maximum absolute atomic E-state index is 11.1. The van der Waals surface area contributed by atoms with Crippen LogP contribution in [-0.2, 0) is 9.47 Å². The van der Waals surface area contributed by atoms with Crippen molar-refractivity contribution in [2.75, 3.05) is 25.6 Å². The van der Waals surface area contributed by atoms with Crippen molar-refractivity contribution in [1.29, 1.82) is 0 Å². The second-order valence-electron chi connectivity index (χ2n) is 2.62. The van der Waals surface area contributed by atoms with Gasteiger partial charge in [0, 0.05) is 12.8 Å². The molecule has 0 aliphatic heterocycles. The van der Waals surface area contributed by atoms with Crippen LogP contribution in [0, 0.1) is 0 Å². The molecule has 76 valence electrons. The van der Waals surface area contributed by atoms with E-state index in [1.165, 1.54) is 0 Å². The Morgan fingerprint density at radius 1 is 1.29 bits per heavy atom. The summed E-state index contributed by atoms with van der Waals surface area (Å²) in [5.41, 5.74) is 0.718. The summed E-state index contributed by atoms with van der Waals surface area (Å²) in [5.74, 6) is 0. The van der Waals surface area contributed by atoms with E-state index in [0.717, 1.165) is 5.69 Å². The molecule has 1 aromatic rings. The maximum Gasteiger partial charge on any atom is 0.411 e. The van der Waals surface area contributed by atoms with Crippen molar-refractivity contribution < 1.29 is 14.3 Å². The number of carbonyl (C=O) groups is 1. The first kappa shape index (κ1) is 10.5. The molecule has 1 N–H and O–H groups in total. The minimum Gasteiger partial charge on any atom is -0.447 e. The zero-order valence-corrected chi connectivity index (χ0v) is 8.03. The lowest BCUT2D eigenvalue weighted by atomic mass is 10.3. The highest BCUT2D eigenvalue weighted by atomic mass is 16.6. The predicted octanol–water partition coefficient (Wildman–Crippen LogP) is 1.88. The smallest absolute Gasteiger partial charge is 0.411 e. The van der Waals surface area contributed by atoms with E-state index in [4.69, 9.17) is 9.47 Å². The van der Waals surface area contributed by atoms with E-state index in [0.29, 0.717) is 6.61 Å². The summed E-state index contributed by atoms with van der Waals surface area (Å²) in [7, 11) is 1.55. The number of benzene rings is 1. The number of carbonyl (C=O) groups excluding carboxylic acids is 1. The van der Waals surface area contributed by atoms with Gasteiger partial charge in [-0.2, -0.15) is 0 Å². The van der Waals surface area contributed by atoms with Gasteiger partial charge < -0.3 is 9.47 Å². The van der Waals surface area contributed by atoms with E-state index in [1.54, 1.807) is 19.2 Å². The molecule has 0 unspecified atom stereocenters. The zero-order valence-electron chi connectivity index (χ0n) is 8.03. The van der Waals surface area contributed by atoms with Gasteiger partial charge in [-0.15, -0.1) is 0 Å². The van der Waals surface area contributed by atoms with Gasteiger partial charge in [-0.3, -0.25) is 5.32 Å². The number of methoxy groups -OCH3 is 1. The third-order valence-corrected chi connectivity index (χ3v) is 1.54. The van der Waals surface area contributed by atoms with Gasteiger partial charge in [0.2, 0.25) is 0 Å². The monoisotopic (exact) mass is 195 g/mol. The van der Waals surface area contributed by atoms with Crippen molar-refractivity contribution in [3.05, 3.63) is 30.3 Å². The van der Waals surface area contributed by atoms with E-state index in [1.807, 2.05) is 18.2 Å². The van der Waals surface area contributed by atoms with E-state index in [9.17, 15) is 4.79 Å². The molecule has 0 aliphatic carbocycles. The number of amides is 1. The molecular weight excluding hydrogens is 182 g/mol. The van der Waals surface area contributed by atoms with E-state index >= 15 is 0 Å². The van der Waals surface area contributed by atoms with Gasteiger partial charge >= 0.3 is 6.09 Å². The van der Waals surface area contributed by atoms with E-state index < -0.39 is 6.09 Å². The highest BCUT2D eigenvalue weighted by Crippen LogP contribution is 2.04. The van der Waals surface area contributed by atoms with Crippen LogP contribution in [0.5, 0.6) is 0 Å². The predicted molar refractivity (Wildman–Crippen MR) is 53.3 cm³/mol. The van der Waals surface area contributed by atoms with Crippen LogP contribution in [0.15, 0.2) is 30.3 Å². The Labute approximate surface area is 82.8 Å². The quantitative estimate of drug-likeness (QED) is 0.746. The fourth-order valence-electron chi connectivity index (χ4n) is 0.893. The van der Waals surface area contributed by atoms with Crippen molar-refractivity contribution in [1.82, 2.24) is 0 Å². The molecule has 0 saturated carbocycles. The second-order valence-corrected chi connectivity index (χ2v) is 2.62. The SMILES string of the molecule is COCCOC(=O)Nc1ccccc1. The van der Waals surface area contributed by atoms with Crippen LogP contribution in [0.1, 0.15) is 0 Å². The normalized spacial score (nSPS) is 9.50. The number of hydrogen-bond acceptors (Lipinski definition) is 3. The summed E-state index contributed by atoms with van der Waals surface area (Å²) < 4.78 is 9.55. The minimum absolute atomic E-state index is 0.259. The molecule has 1 aromatic carbocycles. The number of nitrogens with one attached hydrogen (secondary N) is 1. The van der Waals surface area contributed by atoms with Crippen LogP contribution in [0.25, 0.3) is 0 Å². The number of anilines is 1. The fourth-order valence-corrected chi connectivity index (χ4v) is 0.893. The van der Waals surface area contributed by atoms with Crippen LogP contribution < -0.4 is 5.32 Å². The third kappa shape index (κ3) is 3.91. The molecule has 4 heteroatoms. The number of rotatable bonds is 4. The first-order valence-corrected chi connectivity index (χ1v) is 4.30. The summed E-state index contributed by atoms with van der Waals surface area (Å²) in [6.07, 6.45) is -0.465. The largest absolute Gasteiger partial charge is 0.447 e. The minimum atomic E-state index is -0.465. The highest BCUT2D eigenvalue weighted by Gasteiger charge is 2.00.